The summed E-state index contributed by atoms with van der Waals surface area (Å²) < 4.78 is 1.62. The predicted octanol–water partition coefficient (Wildman–Crippen LogP) is 0.863. The van der Waals surface area contributed by atoms with E-state index in [9.17, 15) is 4.79 Å². The molecule has 1 fully saturated rings. The van der Waals surface area contributed by atoms with Crippen molar-refractivity contribution in [2.45, 2.75) is 52.2 Å². The molecule has 1 atom stereocenters. The Morgan fingerprint density at radius 2 is 2.21 bits per heavy atom. The molecule has 1 saturated carbocycles. The summed E-state index contributed by atoms with van der Waals surface area (Å²) in [5.41, 5.74) is 0.885. The highest BCUT2D eigenvalue weighted by Gasteiger charge is 2.21. The van der Waals surface area contributed by atoms with Crippen molar-refractivity contribution in [3.8, 4) is 0 Å². The smallest absolute Gasteiger partial charge is 0.244 e. The van der Waals surface area contributed by atoms with Crippen molar-refractivity contribution in [3.05, 3.63) is 11.9 Å². The van der Waals surface area contributed by atoms with E-state index >= 15 is 0 Å². The lowest BCUT2D eigenvalue weighted by molar-refractivity contribution is -0.124. The molecule has 1 aromatic heterocycles. The topological polar surface area (TPSA) is 71.8 Å². The van der Waals surface area contributed by atoms with Crippen molar-refractivity contribution in [1.29, 1.82) is 0 Å². The fourth-order valence-corrected chi connectivity index (χ4v) is 1.69. The lowest BCUT2D eigenvalue weighted by Gasteiger charge is -2.13. The van der Waals surface area contributed by atoms with Gasteiger partial charge in [0.15, 0.2) is 0 Å². The van der Waals surface area contributed by atoms with E-state index in [1.54, 1.807) is 4.68 Å². The van der Waals surface area contributed by atoms with Crippen LogP contribution in [0.3, 0.4) is 0 Å². The van der Waals surface area contributed by atoms with Crippen molar-refractivity contribution in [1.82, 2.24) is 25.6 Å². The maximum atomic E-state index is 11.9. The molecule has 1 aliphatic carbocycles. The highest BCUT2D eigenvalue weighted by atomic mass is 16.2. The van der Waals surface area contributed by atoms with Crippen molar-refractivity contribution in [3.63, 3.8) is 0 Å². The second kappa shape index (κ2) is 6.14. The second-order valence-electron chi connectivity index (χ2n) is 5.66. The van der Waals surface area contributed by atoms with Crippen LogP contribution in [0.5, 0.6) is 0 Å². The lowest BCUT2D eigenvalue weighted by Crippen LogP contribution is -2.33. The van der Waals surface area contributed by atoms with Gasteiger partial charge in [0.25, 0.3) is 0 Å². The van der Waals surface area contributed by atoms with Crippen LogP contribution in [0.2, 0.25) is 0 Å². The van der Waals surface area contributed by atoms with Crippen LogP contribution < -0.4 is 10.6 Å². The van der Waals surface area contributed by atoms with Gasteiger partial charge in [-0.05, 0) is 25.7 Å². The van der Waals surface area contributed by atoms with Crippen molar-refractivity contribution >= 4 is 5.91 Å². The van der Waals surface area contributed by atoms with Gasteiger partial charge in [0, 0.05) is 19.1 Å². The average Bonchev–Trinajstić information content (AvgIpc) is 3.09. The van der Waals surface area contributed by atoms with Gasteiger partial charge in [-0.3, -0.25) is 4.79 Å². The highest BCUT2D eigenvalue weighted by molar-refractivity contribution is 5.79. The largest absolute Gasteiger partial charge is 0.354 e. The Bertz CT molecular complexity index is 424. The van der Waals surface area contributed by atoms with Gasteiger partial charge in [-0.15, -0.1) is 5.10 Å². The summed E-state index contributed by atoms with van der Waals surface area (Å²) in [5, 5.41) is 14.4. The van der Waals surface area contributed by atoms with Crippen LogP contribution in [-0.2, 0) is 11.3 Å². The number of rotatable bonds is 7. The highest BCUT2D eigenvalue weighted by Crippen LogP contribution is 2.19. The molecule has 2 rings (SSSR count). The zero-order chi connectivity index (χ0) is 13.8. The third kappa shape index (κ3) is 4.31. The standard InChI is InChI=1S/C13H23N5O/c1-9(2)6-15-13(19)10(3)18-8-12(16-17-18)7-14-11-4-5-11/h8-11,14H,4-7H2,1-3H3,(H,15,19). The third-order valence-electron chi connectivity index (χ3n) is 3.17. The predicted molar refractivity (Wildman–Crippen MR) is 72.4 cm³/mol. The Labute approximate surface area is 113 Å². The van der Waals surface area contributed by atoms with E-state index in [1.807, 2.05) is 13.1 Å². The van der Waals surface area contributed by atoms with E-state index in [-0.39, 0.29) is 11.9 Å². The minimum absolute atomic E-state index is 0.0136. The third-order valence-corrected chi connectivity index (χ3v) is 3.17. The maximum absolute atomic E-state index is 11.9. The molecule has 1 aliphatic rings. The molecule has 0 aliphatic heterocycles. The summed E-state index contributed by atoms with van der Waals surface area (Å²) in [5.74, 6) is 0.436. The van der Waals surface area contributed by atoms with Crippen LogP contribution >= 0.6 is 0 Å². The Morgan fingerprint density at radius 1 is 1.47 bits per heavy atom. The van der Waals surface area contributed by atoms with Crippen LogP contribution in [0.25, 0.3) is 0 Å². The zero-order valence-electron chi connectivity index (χ0n) is 11.9. The van der Waals surface area contributed by atoms with Gasteiger partial charge < -0.3 is 10.6 Å². The first-order chi connectivity index (χ1) is 9.06. The van der Waals surface area contributed by atoms with Crippen molar-refractivity contribution in [2.75, 3.05) is 6.54 Å². The minimum Gasteiger partial charge on any atom is -0.354 e. The number of nitrogens with one attached hydrogen (secondary N) is 2. The Balaban J connectivity index is 1.83. The van der Waals surface area contributed by atoms with Gasteiger partial charge >= 0.3 is 0 Å². The normalized spacial score (nSPS) is 16.6. The van der Waals surface area contributed by atoms with Gasteiger partial charge in [0.05, 0.1) is 11.9 Å². The Hall–Kier alpha value is -1.43. The van der Waals surface area contributed by atoms with E-state index in [0.29, 0.717) is 18.5 Å². The Kier molecular flexibility index (Phi) is 4.52. The summed E-state index contributed by atoms with van der Waals surface area (Å²) in [6, 6.07) is 0.331. The summed E-state index contributed by atoms with van der Waals surface area (Å²) >= 11 is 0. The van der Waals surface area contributed by atoms with Crippen LogP contribution in [-0.4, -0.2) is 33.5 Å². The molecule has 0 bridgehead atoms. The molecule has 0 saturated heterocycles. The molecule has 6 nitrogen and oxygen atoms in total. The fourth-order valence-electron chi connectivity index (χ4n) is 1.69. The molecular formula is C13H23N5O. The molecule has 0 aromatic carbocycles. The molecule has 2 N–H and O–H groups in total. The summed E-state index contributed by atoms with van der Waals surface area (Å²) in [4.78, 5) is 11.9. The van der Waals surface area contributed by atoms with E-state index in [0.717, 1.165) is 12.2 Å². The maximum Gasteiger partial charge on any atom is 0.244 e. The van der Waals surface area contributed by atoms with Gasteiger partial charge in [0.1, 0.15) is 6.04 Å². The average molecular weight is 265 g/mol. The van der Waals surface area contributed by atoms with E-state index in [2.05, 4.69) is 34.8 Å². The van der Waals surface area contributed by atoms with E-state index in [1.165, 1.54) is 12.8 Å². The number of hydrogen-bond donors (Lipinski definition) is 2. The van der Waals surface area contributed by atoms with Crippen molar-refractivity contribution in [2.24, 2.45) is 5.92 Å². The lowest BCUT2D eigenvalue weighted by atomic mass is 10.2. The van der Waals surface area contributed by atoms with E-state index < -0.39 is 0 Å². The van der Waals surface area contributed by atoms with Crippen LogP contribution in [0.15, 0.2) is 6.20 Å². The minimum atomic E-state index is -0.319. The van der Waals surface area contributed by atoms with Gasteiger partial charge in [-0.1, -0.05) is 19.1 Å². The van der Waals surface area contributed by atoms with Gasteiger partial charge in [0.2, 0.25) is 5.91 Å². The summed E-state index contributed by atoms with van der Waals surface area (Å²) in [6.07, 6.45) is 4.35. The number of amides is 1. The number of aromatic nitrogens is 3. The molecule has 106 valence electrons. The van der Waals surface area contributed by atoms with E-state index in [4.69, 9.17) is 0 Å². The Morgan fingerprint density at radius 3 is 2.84 bits per heavy atom. The van der Waals surface area contributed by atoms with Crippen molar-refractivity contribution < 1.29 is 4.79 Å². The number of nitrogens with zero attached hydrogens (tertiary/aromatic N) is 3. The number of carbonyl (C=O) groups excluding carboxylic acids is 1. The summed E-state index contributed by atoms with van der Waals surface area (Å²) in [6.45, 7) is 7.39. The fraction of sp³-hybridized carbons (Fsp3) is 0.769. The van der Waals surface area contributed by atoms with Crippen LogP contribution in [0, 0.1) is 5.92 Å². The molecule has 19 heavy (non-hydrogen) atoms. The molecule has 0 spiro atoms. The van der Waals surface area contributed by atoms with Crippen LogP contribution in [0.4, 0.5) is 0 Å². The molecule has 0 radical (unpaired) electrons. The molecular weight excluding hydrogens is 242 g/mol. The van der Waals surface area contributed by atoms with Gasteiger partial charge in [-0.2, -0.15) is 0 Å². The van der Waals surface area contributed by atoms with Crippen LogP contribution in [0.1, 0.15) is 45.3 Å². The molecule has 1 amide bonds. The first-order valence-corrected chi connectivity index (χ1v) is 6.98. The van der Waals surface area contributed by atoms with Gasteiger partial charge in [-0.25, -0.2) is 4.68 Å². The molecule has 1 aromatic rings. The SMILES string of the molecule is CC(C)CNC(=O)C(C)n1cc(CNC2CC2)nn1. The monoisotopic (exact) mass is 265 g/mol. The second-order valence-corrected chi connectivity index (χ2v) is 5.66. The quantitative estimate of drug-likeness (QED) is 0.767. The molecule has 1 unspecified atom stereocenters. The summed E-state index contributed by atoms with van der Waals surface area (Å²) in [7, 11) is 0. The number of hydrogen-bond acceptors (Lipinski definition) is 4. The molecule has 6 heteroatoms. The zero-order valence-corrected chi connectivity index (χ0v) is 11.9. The molecule has 1 heterocycles. The number of carbonyl (C=O) groups is 1. The first-order valence-electron chi connectivity index (χ1n) is 6.98. The first kappa shape index (κ1) is 14.0.